The SMILES string of the molecule is O=[P+](O)O.[AlH3].[Ca+2].[H-].[H-]. The van der Waals surface area contributed by atoms with Gasteiger partial charge in [-0.05, 0) is 0 Å². The van der Waals surface area contributed by atoms with Crippen LogP contribution in [0, 0.1) is 0 Å². The Morgan fingerprint density at radius 1 is 1.50 bits per heavy atom. The number of hydrogen-bond donors (Lipinski definition) is 2. The van der Waals surface area contributed by atoms with Crippen LogP contribution < -0.4 is 0 Å². The maximum absolute atomic E-state index is 8.70. The van der Waals surface area contributed by atoms with Gasteiger partial charge in [-0.1, -0.05) is 0 Å². The Bertz CT molecular complexity index is 40.3. The molecular weight excluding hydrogens is 146 g/mol. The summed E-state index contributed by atoms with van der Waals surface area (Å²) >= 11 is 0. The number of hydrogen-bond acceptors (Lipinski definition) is 1. The quantitative estimate of drug-likeness (QED) is 0.322. The van der Waals surface area contributed by atoms with E-state index in [1.807, 2.05) is 0 Å². The van der Waals surface area contributed by atoms with Crippen molar-refractivity contribution in [3.05, 3.63) is 0 Å². The van der Waals surface area contributed by atoms with Gasteiger partial charge < -0.3 is 2.85 Å². The second-order valence-corrected chi connectivity index (χ2v) is 0.758. The van der Waals surface area contributed by atoms with Crippen molar-refractivity contribution in [1.82, 2.24) is 0 Å². The molecule has 0 spiro atoms. The first-order chi connectivity index (χ1) is 1.73. The molecule has 0 saturated heterocycles. The summed E-state index contributed by atoms with van der Waals surface area (Å²) in [7, 11) is -2.87. The Labute approximate surface area is 79.8 Å². The van der Waals surface area contributed by atoms with E-state index in [1.54, 1.807) is 0 Å². The van der Waals surface area contributed by atoms with Crippen molar-refractivity contribution in [3.8, 4) is 0 Å². The molecule has 0 unspecified atom stereocenters. The van der Waals surface area contributed by atoms with Gasteiger partial charge in [-0.3, -0.25) is 0 Å². The van der Waals surface area contributed by atoms with Crippen LogP contribution in [0.1, 0.15) is 2.85 Å². The van der Waals surface area contributed by atoms with Crippen LogP contribution in [0.2, 0.25) is 0 Å². The predicted molar refractivity (Wildman–Crippen MR) is 30.0 cm³/mol. The topological polar surface area (TPSA) is 57.5 Å². The van der Waals surface area contributed by atoms with Gasteiger partial charge in [0, 0.05) is 4.57 Å². The molecule has 0 saturated carbocycles. The van der Waals surface area contributed by atoms with E-state index in [4.69, 9.17) is 14.4 Å². The predicted octanol–water partition coefficient (Wildman–Crippen LogP) is -1.71. The van der Waals surface area contributed by atoms with Gasteiger partial charge in [0.05, 0.1) is 0 Å². The van der Waals surface area contributed by atoms with Crippen LogP contribution in [-0.2, 0) is 4.57 Å². The molecule has 0 atom stereocenters. The second kappa shape index (κ2) is 9.94. The molecule has 0 heterocycles. The summed E-state index contributed by atoms with van der Waals surface area (Å²) in [6.45, 7) is 0. The van der Waals surface area contributed by atoms with Gasteiger partial charge in [0.25, 0.3) is 0 Å². The fourth-order valence-electron chi connectivity index (χ4n) is 0. The van der Waals surface area contributed by atoms with Gasteiger partial charge in [0.2, 0.25) is 0 Å². The van der Waals surface area contributed by atoms with Crippen LogP contribution in [0.5, 0.6) is 0 Å². The molecule has 6 heavy (non-hydrogen) atoms. The first kappa shape index (κ1) is 15.7. The molecule has 0 aromatic heterocycles. The zero-order valence-corrected chi connectivity index (χ0v) is 5.56. The normalized spacial score (nSPS) is 4.33. The average molecular weight is 153 g/mol. The smallest absolute Gasteiger partial charge is 1.00 e. The minimum absolute atomic E-state index is 0. The molecule has 34 valence electrons. The third kappa shape index (κ3) is 41.0. The van der Waals surface area contributed by atoms with Gasteiger partial charge in [-0.2, -0.15) is 0 Å². The molecule has 0 aliphatic rings. The maximum Gasteiger partial charge on any atom is 2.00 e. The zero-order valence-electron chi connectivity index (χ0n) is 4.46. The summed E-state index contributed by atoms with van der Waals surface area (Å²) in [5.41, 5.74) is 0. The molecule has 0 radical (unpaired) electrons. The van der Waals surface area contributed by atoms with Crippen molar-refractivity contribution >= 4 is 63.4 Å². The van der Waals surface area contributed by atoms with E-state index < -0.39 is 8.25 Å². The summed E-state index contributed by atoms with van der Waals surface area (Å²) < 4.78 is 8.70. The minimum Gasteiger partial charge on any atom is -1.00 e. The van der Waals surface area contributed by atoms with Gasteiger partial charge in [0.15, 0.2) is 17.4 Å². The molecule has 6 heteroatoms. The Kier molecular flexibility index (Phi) is 25.9. The molecule has 0 bridgehead atoms. The van der Waals surface area contributed by atoms with E-state index in [1.165, 1.54) is 0 Å². The monoisotopic (exact) mass is 153 g/mol. The fraction of sp³-hybridized carbons (Fsp3) is 0. The van der Waals surface area contributed by atoms with E-state index in [0.29, 0.717) is 0 Å². The summed E-state index contributed by atoms with van der Waals surface area (Å²) in [5.74, 6) is 0. The van der Waals surface area contributed by atoms with Crippen molar-refractivity contribution in [2.75, 3.05) is 0 Å². The molecule has 0 aliphatic carbocycles. The van der Waals surface area contributed by atoms with E-state index in [2.05, 4.69) is 0 Å². The van der Waals surface area contributed by atoms with Crippen molar-refractivity contribution in [2.24, 2.45) is 0 Å². The first-order valence-electron chi connectivity index (χ1n) is 0.583. The van der Waals surface area contributed by atoms with Gasteiger partial charge in [-0.25, -0.2) is 0 Å². The van der Waals surface area contributed by atoms with Gasteiger partial charge in [-0.15, -0.1) is 9.79 Å². The third-order valence-corrected chi connectivity index (χ3v) is 0. The zero-order chi connectivity index (χ0) is 3.58. The van der Waals surface area contributed by atoms with Crippen molar-refractivity contribution in [2.45, 2.75) is 0 Å². The Hall–Kier alpha value is 1.81. The molecule has 0 fully saturated rings. The first-order valence-corrected chi connectivity index (χ1v) is 1.75. The largest absolute Gasteiger partial charge is 2.00 e. The summed E-state index contributed by atoms with van der Waals surface area (Å²) in [6, 6.07) is 0. The maximum atomic E-state index is 8.70. The molecule has 0 aromatic carbocycles. The van der Waals surface area contributed by atoms with Crippen LogP contribution in [0.25, 0.3) is 0 Å². The summed E-state index contributed by atoms with van der Waals surface area (Å²) in [5, 5.41) is 0. The number of rotatable bonds is 0. The Morgan fingerprint density at radius 2 is 1.50 bits per heavy atom. The molecule has 0 aromatic rings. The van der Waals surface area contributed by atoms with E-state index in [0.717, 1.165) is 0 Å². The van der Waals surface area contributed by atoms with Crippen molar-refractivity contribution in [1.29, 1.82) is 0 Å². The van der Waals surface area contributed by atoms with Crippen LogP contribution in [0.3, 0.4) is 0 Å². The molecule has 3 nitrogen and oxygen atoms in total. The van der Waals surface area contributed by atoms with Crippen molar-refractivity contribution in [3.63, 3.8) is 0 Å². The third-order valence-electron chi connectivity index (χ3n) is 0. The van der Waals surface area contributed by atoms with Crippen molar-refractivity contribution < 1.29 is 17.2 Å². The van der Waals surface area contributed by atoms with Crippen LogP contribution >= 0.6 is 8.25 Å². The fourth-order valence-corrected chi connectivity index (χ4v) is 0. The summed E-state index contributed by atoms with van der Waals surface area (Å²) in [4.78, 5) is 14.2. The van der Waals surface area contributed by atoms with Gasteiger partial charge in [0.1, 0.15) is 0 Å². The van der Waals surface area contributed by atoms with Crippen LogP contribution in [-0.4, -0.2) is 64.9 Å². The van der Waals surface area contributed by atoms with Gasteiger partial charge >= 0.3 is 46.0 Å². The molecule has 0 amide bonds. The Morgan fingerprint density at radius 3 is 1.50 bits per heavy atom. The molecular formula is H7AlCaO3P+. The molecule has 0 rings (SSSR count). The summed E-state index contributed by atoms with van der Waals surface area (Å²) in [6.07, 6.45) is 0. The van der Waals surface area contributed by atoms with Crippen LogP contribution in [0.15, 0.2) is 0 Å². The average Bonchev–Trinajstić information content (AvgIpc) is 0.811. The van der Waals surface area contributed by atoms with E-state index in [-0.39, 0.29) is 58.0 Å². The molecule has 0 aliphatic heterocycles. The molecule has 2 N–H and O–H groups in total. The standard InChI is InChI=1S/Al.Ca.HO3P.5H/c;;1-4(2)3;;;;;/h;;(H-,1,2,3);;;;;/q;+2;;;;;2*-1/p+1. The minimum atomic E-state index is -2.87. The Balaban J connectivity index is -0.00000000750. The van der Waals surface area contributed by atoms with Crippen LogP contribution in [0.4, 0.5) is 0 Å². The van der Waals surface area contributed by atoms with E-state index >= 15 is 0 Å². The van der Waals surface area contributed by atoms with E-state index in [9.17, 15) is 0 Å². The second-order valence-electron chi connectivity index (χ2n) is 0.253.